The second kappa shape index (κ2) is 7.04. The average Bonchev–Trinajstić information content (AvgIpc) is 3.08. The lowest BCUT2D eigenvalue weighted by molar-refractivity contribution is -0.105. The standard InChI is InChI=1S/C17H18N2O3/c20-15(8-9-16-18-10-11-19-16)13-4-6-14(7-5-13)22-17-3-1-2-12-21-17/h4-11,17H,1-3,12H2,(H,18,19). The van der Waals surface area contributed by atoms with Gasteiger partial charge >= 0.3 is 0 Å². The van der Waals surface area contributed by atoms with Crippen molar-refractivity contribution in [1.29, 1.82) is 0 Å². The predicted octanol–water partition coefficient (Wildman–Crippen LogP) is 3.21. The van der Waals surface area contributed by atoms with E-state index in [-0.39, 0.29) is 12.1 Å². The van der Waals surface area contributed by atoms with E-state index in [1.54, 1.807) is 42.7 Å². The molecule has 3 rings (SSSR count). The summed E-state index contributed by atoms with van der Waals surface area (Å²) >= 11 is 0. The molecule has 1 aromatic heterocycles. The largest absolute Gasteiger partial charge is 0.465 e. The van der Waals surface area contributed by atoms with Gasteiger partial charge in [-0.15, -0.1) is 0 Å². The van der Waals surface area contributed by atoms with Crippen LogP contribution >= 0.6 is 0 Å². The van der Waals surface area contributed by atoms with Crippen molar-refractivity contribution >= 4 is 11.9 Å². The van der Waals surface area contributed by atoms with Gasteiger partial charge in [0.1, 0.15) is 11.6 Å². The van der Waals surface area contributed by atoms with Gasteiger partial charge in [-0.3, -0.25) is 4.79 Å². The highest BCUT2D eigenvalue weighted by Gasteiger charge is 2.15. The Hall–Kier alpha value is -2.40. The van der Waals surface area contributed by atoms with Gasteiger partial charge in [0.05, 0.1) is 6.61 Å². The van der Waals surface area contributed by atoms with Crippen LogP contribution in [0.15, 0.2) is 42.7 Å². The Morgan fingerprint density at radius 3 is 2.86 bits per heavy atom. The summed E-state index contributed by atoms with van der Waals surface area (Å²) in [5, 5.41) is 0. The van der Waals surface area contributed by atoms with E-state index in [0.29, 0.717) is 11.4 Å². The van der Waals surface area contributed by atoms with Crippen LogP contribution in [-0.4, -0.2) is 28.6 Å². The molecular formula is C17H18N2O3. The summed E-state index contributed by atoms with van der Waals surface area (Å²) < 4.78 is 11.3. The van der Waals surface area contributed by atoms with E-state index in [9.17, 15) is 4.79 Å². The fourth-order valence-electron chi connectivity index (χ4n) is 2.27. The van der Waals surface area contributed by atoms with Crippen molar-refractivity contribution in [2.24, 2.45) is 0 Å². The molecule has 0 aliphatic carbocycles. The maximum Gasteiger partial charge on any atom is 0.199 e. The third kappa shape index (κ3) is 3.83. The van der Waals surface area contributed by atoms with Gasteiger partial charge in [0, 0.05) is 24.4 Å². The Labute approximate surface area is 129 Å². The van der Waals surface area contributed by atoms with E-state index in [2.05, 4.69) is 9.97 Å². The number of imidazole rings is 1. The second-order valence-corrected chi connectivity index (χ2v) is 5.11. The molecule has 2 heterocycles. The summed E-state index contributed by atoms with van der Waals surface area (Å²) in [5.74, 6) is 1.30. The second-order valence-electron chi connectivity index (χ2n) is 5.11. The fourth-order valence-corrected chi connectivity index (χ4v) is 2.27. The molecule has 5 nitrogen and oxygen atoms in total. The molecule has 1 aliphatic rings. The number of ether oxygens (including phenoxy) is 2. The predicted molar refractivity (Wildman–Crippen MR) is 82.6 cm³/mol. The molecule has 0 spiro atoms. The van der Waals surface area contributed by atoms with Crippen LogP contribution in [-0.2, 0) is 4.74 Å². The summed E-state index contributed by atoms with van der Waals surface area (Å²) in [6.07, 6.45) is 9.46. The number of aromatic nitrogens is 2. The van der Waals surface area contributed by atoms with E-state index in [4.69, 9.17) is 9.47 Å². The van der Waals surface area contributed by atoms with Crippen LogP contribution in [0.3, 0.4) is 0 Å². The van der Waals surface area contributed by atoms with Crippen molar-refractivity contribution < 1.29 is 14.3 Å². The highest BCUT2D eigenvalue weighted by molar-refractivity contribution is 6.06. The van der Waals surface area contributed by atoms with E-state index < -0.39 is 0 Å². The maximum absolute atomic E-state index is 12.0. The zero-order valence-corrected chi connectivity index (χ0v) is 12.2. The Morgan fingerprint density at radius 1 is 1.32 bits per heavy atom. The number of carbonyl (C=O) groups excluding carboxylic acids is 1. The minimum Gasteiger partial charge on any atom is -0.465 e. The Kier molecular flexibility index (Phi) is 4.65. The molecule has 1 atom stereocenters. The van der Waals surface area contributed by atoms with Crippen molar-refractivity contribution in [2.75, 3.05) is 6.61 Å². The van der Waals surface area contributed by atoms with Gasteiger partial charge < -0.3 is 14.5 Å². The zero-order valence-electron chi connectivity index (χ0n) is 12.2. The topological polar surface area (TPSA) is 64.2 Å². The van der Waals surface area contributed by atoms with Crippen LogP contribution in [0.1, 0.15) is 35.4 Å². The van der Waals surface area contributed by atoms with Crippen LogP contribution in [0.5, 0.6) is 5.75 Å². The lowest BCUT2D eigenvalue weighted by atomic mass is 10.1. The van der Waals surface area contributed by atoms with Gasteiger partial charge in [0.25, 0.3) is 0 Å². The lowest BCUT2D eigenvalue weighted by Crippen LogP contribution is -2.24. The Balaban J connectivity index is 1.59. The third-order valence-electron chi connectivity index (χ3n) is 3.46. The molecule has 1 N–H and O–H groups in total. The summed E-state index contributed by atoms with van der Waals surface area (Å²) in [6, 6.07) is 7.11. The molecule has 1 fully saturated rings. The first kappa shape index (κ1) is 14.5. The number of nitrogens with zero attached hydrogens (tertiary/aromatic N) is 1. The van der Waals surface area contributed by atoms with E-state index in [1.165, 1.54) is 6.08 Å². The van der Waals surface area contributed by atoms with Crippen molar-refractivity contribution in [3.63, 3.8) is 0 Å². The van der Waals surface area contributed by atoms with Gasteiger partial charge in [-0.1, -0.05) is 0 Å². The quantitative estimate of drug-likeness (QED) is 0.680. The normalized spacial score (nSPS) is 18.5. The number of ketones is 1. The number of allylic oxidation sites excluding steroid dienone is 1. The highest BCUT2D eigenvalue weighted by atomic mass is 16.7. The van der Waals surface area contributed by atoms with Gasteiger partial charge in [-0.2, -0.15) is 0 Å². The van der Waals surface area contributed by atoms with Gasteiger partial charge in [0.15, 0.2) is 12.1 Å². The molecule has 0 bridgehead atoms. The van der Waals surface area contributed by atoms with Gasteiger partial charge in [-0.05, 0) is 49.3 Å². The van der Waals surface area contributed by atoms with Crippen LogP contribution in [0.2, 0.25) is 0 Å². The van der Waals surface area contributed by atoms with E-state index >= 15 is 0 Å². The molecule has 1 aliphatic heterocycles. The molecule has 1 unspecified atom stereocenters. The highest BCUT2D eigenvalue weighted by Crippen LogP contribution is 2.20. The summed E-state index contributed by atoms with van der Waals surface area (Å²) in [5.41, 5.74) is 0.611. The monoisotopic (exact) mass is 298 g/mol. The minimum atomic E-state index is -0.172. The Bertz CT molecular complexity index is 626. The van der Waals surface area contributed by atoms with Crippen molar-refractivity contribution in [3.05, 3.63) is 54.1 Å². The van der Waals surface area contributed by atoms with Crippen LogP contribution in [0.25, 0.3) is 6.08 Å². The van der Waals surface area contributed by atoms with Crippen LogP contribution in [0.4, 0.5) is 0 Å². The lowest BCUT2D eigenvalue weighted by Gasteiger charge is -2.23. The van der Waals surface area contributed by atoms with E-state index in [0.717, 1.165) is 31.6 Å². The minimum absolute atomic E-state index is 0.0723. The SMILES string of the molecule is O=C(C=Cc1ncc[nH]1)c1ccc(OC2CCCCO2)cc1. The molecule has 22 heavy (non-hydrogen) atoms. The number of H-pyrrole nitrogens is 1. The molecule has 1 saturated heterocycles. The molecule has 5 heteroatoms. The van der Waals surface area contributed by atoms with Crippen molar-refractivity contribution in [3.8, 4) is 5.75 Å². The molecule has 0 saturated carbocycles. The smallest absolute Gasteiger partial charge is 0.199 e. The maximum atomic E-state index is 12.0. The van der Waals surface area contributed by atoms with Crippen molar-refractivity contribution in [2.45, 2.75) is 25.6 Å². The number of rotatable bonds is 5. The van der Waals surface area contributed by atoms with E-state index in [1.807, 2.05) is 0 Å². The molecule has 1 aromatic carbocycles. The third-order valence-corrected chi connectivity index (χ3v) is 3.46. The summed E-state index contributed by atoms with van der Waals surface area (Å²) in [4.78, 5) is 19.0. The first-order valence-corrected chi connectivity index (χ1v) is 7.41. The fraction of sp³-hybridized carbons (Fsp3) is 0.294. The van der Waals surface area contributed by atoms with Crippen LogP contribution in [0, 0.1) is 0 Å². The molecule has 0 radical (unpaired) electrons. The van der Waals surface area contributed by atoms with Gasteiger partial charge in [0.2, 0.25) is 0 Å². The molecular weight excluding hydrogens is 280 g/mol. The number of carbonyl (C=O) groups is 1. The number of hydrogen-bond donors (Lipinski definition) is 1. The number of aromatic amines is 1. The average molecular weight is 298 g/mol. The first-order chi connectivity index (χ1) is 10.8. The zero-order chi connectivity index (χ0) is 15.2. The molecule has 2 aromatic rings. The number of hydrogen-bond acceptors (Lipinski definition) is 4. The number of nitrogens with one attached hydrogen (secondary N) is 1. The molecule has 0 amide bonds. The number of benzene rings is 1. The Morgan fingerprint density at radius 2 is 2.18 bits per heavy atom. The van der Waals surface area contributed by atoms with Gasteiger partial charge in [-0.25, -0.2) is 4.98 Å². The first-order valence-electron chi connectivity index (χ1n) is 7.41. The molecule has 114 valence electrons. The summed E-state index contributed by atoms with van der Waals surface area (Å²) in [7, 11) is 0. The van der Waals surface area contributed by atoms with Crippen molar-refractivity contribution in [1.82, 2.24) is 9.97 Å². The van der Waals surface area contributed by atoms with Crippen LogP contribution < -0.4 is 4.74 Å². The summed E-state index contributed by atoms with van der Waals surface area (Å²) in [6.45, 7) is 0.749.